The molecule has 38 heavy (non-hydrogen) atoms. The number of rotatable bonds is 9. The summed E-state index contributed by atoms with van der Waals surface area (Å²) in [5.74, 6) is 0.257. The summed E-state index contributed by atoms with van der Waals surface area (Å²) in [6.45, 7) is 2.70. The van der Waals surface area contributed by atoms with Crippen molar-refractivity contribution in [2.75, 3.05) is 13.7 Å². The smallest absolute Gasteiger partial charge is 0.246 e. The Labute approximate surface area is 224 Å². The lowest BCUT2D eigenvalue weighted by Crippen LogP contribution is -2.53. The second-order valence-corrected chi connectivity index (χ2v) is 9.59. The SMILES string of the molecule is CCCCC(=O)N1C/C=C\C(c2ccc(OC)cc2)N(Cc2ccc(F)cc2)C(=O)[C@H]1Cc1ccccc1. The second kappa shape index (κ2) is 13.0. The van der Waals surface area contributed by atoms with Crippen LogP contribution in [-0.2, 0) is 22.6 Å². The Morgan fingerprint density at radius 3 is 2.34 bits per heavy atom. The molecule has 1 heterocycles. The highest BCUT2D eigenvalue weighted by Crippen LogP contribution is 2.30. The van der Waals surface area contributed by atoms with E-state index in [-0.39, 0.29) is 30.2 Å². The fourth-order valence-electron chi connectivity index (χ4n) is 4.83. The second-order valence-electron chi connectivity index (χ2n) is 9.59. The zero-order valence-electron chi connectivity index (χ0n) is 22.1. The number of benzene rings is 3. The van der Waals surface area contributed by atoms with E-state index in [0.717, 1.165) is 35.3 Å². The summed E-state index contributed by atoms with van der Waals surface area (Å²) in [4.78, 5) is 31.4. The molecule has 0 bridgehead atoms. The number of nitrogens with zero attached hydrogens (tertiary/aromatic N) is 2. The molecule has 0 spiro atoms. The number of hydrogen-bond donors (Lipinski definition) is 0. The van der Waals surface area contributed by atoms with Gasteiger partial charge in [-0.2, -0.15) is 0 Å². The quantitative estimate of drug-likeness (QED) is 0.324. The maximum atomic E-state index is 14.5. The number of carbonyl (C=O) groups is 2. The molecular formula is C32H35FN2O3. The van der Waals surface area contributed by atoms with Gasteiger partial charge in [-0.3, -0.25) is 9.59 Å². The van der Waals surface area contributed by atoms with E-state index in [1.54, 1.807) is 29.0 Å². The normalized spacial score (nSPS) is 18.6. The van der Waals surface area contributed by atoms with Gasteiger partial charge < -0.3 is 14.5 Å². The number of ether oxygens (including phenoxy) is 1. The molecule has 0 radical (unpaired) electrons. The lowest BCUT2D eigenvalue weighted by Gasteiger charge is -2.39. The van der Waals surface area contributed by atoms with Gasteiger partial charge in [0.2, 0.25) is 11.8 Å². The lowest BCUT2D eigenvalue weighted by molar-refractivity contribution is -0.147. The van der Waals surface area contributed by atoms with Gasteiger partial charge in [0.15, 0.2) is 0 Å². The Morgan fingerprint density at radius 1 is 0.974 bits per heavy atom. The fourth-order valence-corrected chi connectivity index (χ4v) is 4.83. The van der Waals surface area contributed by atoms with Crippen molar-refractivity contribution < 1.29 is 18.7 Å². The minimum atomic E-state index is -0.659. The van der Waals surface area contributed by atoms with Crippen LogP contribution in [0.3, 0.4) is 0 Å². The Kier molecular flexibility index (Phi) is 9.30. The van der Waals surface area contributed by atoms with Crippen LogP contribution in [-0.4, -0.2) is 41.3 Å². The van der Waals surface area contributed by atoms with E-state index in [4.69, 9.17) is 4.74 Å². The average Bonchev–Trinajstić information content (AvgIpc) is 2.95. The standard InChI is InChI=1S/C32H35FN2O3/c1-3-4-12-31(36)34-21-8-11-29(26-15-19-28(38-2)20-16-26)35(23-25-13-17-27(33)18-14-25)32(37)30(34)22-24-9-6-5-7-10-24/h5-11,13-20,29-30H,3-4,12,21-23H2,1-2H3/b11-8-/t29?,30-/m1/s1. The van der Waals surface area contributed by atoms with Crippen LogP contribution in [0.15, 0.2) is 91.0 Å². The summed E-state index contributed by atoms with van der Waals surface area (Å²) >= 11 is 0. The minimum absolute atomic E-state index is 0.0181. The lowest BCUT2D eigenvalue weighted by atomic mass is 9.96. The molecule has 2 atom stereocenters. The zero-order chi connectivity index (χ0) is 26.9. The van der Waals surface area contributed by atoms with Crippen molar-refractivity contribution >= 4 is 11.8 Å². The van der Waals surface area contributed by atoms with Gasteiger partial charge in [-0.15, -0.1) is 0 Å². The first-order valence-electron chi connectivity index (χ1n) is 13.2. The summed E-state index contributed by atoms with van der Waals surface area (Å²) in [5, 5.41) is 0. The highest BCUT2D eigenvalue weighted by atomic mass is 19.1. The van der Waals surface area contributed by atoms with Gasteiger partial charge in [0.05, 0.1) is 13.2 Å². The van der Waals surface area contributed by atoms with Crippen LogP contribution in [0.5, 0.6) is 5.75 Å². The van der Waals surface area contributed by atoms with Gasteiger partial charge in [0, 0.05) is 25.9 Å². The summed E-state index contributed by atoms with van der Waals surface area (Å²) in [7, 11) is 1.62. The Hall–Kier alpha value is -3.93. The monoisotopic (exact) mass is 514 g/mol. The molecule has 0 saturated heterocycles. The molecule has 0 N–H and O–H groups in total. The molecular weight excluding hydrogens is 479 g/mol. The zero-order valence-corrected chi connectivity index (χ0v) is 22.1. The van der Waals surface area contributed by atoms with E-state index in [2.05, 4.69) is 6.92 Å². The highest BCUT2D eigenvalue weighted by Gasteiger charge is 2.36. The van der Waals surface area contributed by atoms with Crippen LogP contribution in [0, 0.1) is 5.82 Å². The van der Waals surface area contributed by atoms with Crippen molar-refractivity contribution in [3.05, 3.63) is 114 Å². The van der Waals surface area contributed by atoms with Crippen molar-refractivity contribution in [1.82, 2.24) is 9.80 Å². The van der Waals surface area contributed by atoms with Crippen LogP contribution in [0.25, 0.3) is 0 Å². The molecule has 198 valence electrons. The van der Waals surface area contributed by atoms with Gasteiger partial charge in [-0.25, -0.2) is 4.39 Å². The highest BCUT2D eigenvalue weighted by molar-refractivity contribution is 5.89. The van der Waals surface area contributed by atoms with Crippen molar-refractivity contribution in [1.29, 1.82) is 0 Å². The Balaban J connectivity index is 1.77. The van der Waals surface area contributed by atoms with E-state index >= 15 is 0 Å². The van der Waals surface area contributed by atoms with Crippen LogP contribution >= 0.6 is 0 Å². The minimum Gasteiger partial charge on any atom is -0.497 e. The van der Waals surface area contributed by atoms with E-state index in [1.165, 1.54) is 12.1 Å². The van der Waals surface area contributed by atoms with E-state index in [9.17, 15) is 14.0 Å². The number of hydrogen-bond acceptors (Lipinski definition) is 3. The number of amides is 2. The Bertz CT molecular complexity index is 1230. The van der Waals surface area contributed by atoms with Crippen molar-refractivity contribution in [3.8, 4) is 5.75 Å². The average molecular weight is 515 g/mol. The molecule has 1 aliphatic rings. The predicted molar refractivity (Wildman–Crippen MR) is 147 cm³/mol. The van der Waals surface area contributed by atoms with Gasteiger partial charge in [0.25, 0.3) is 0 Å². The van der Waals surface area contributed by atoms with Gasteiger partial charge in [-0.05, 0) is 47.4 Å². The number of carbonyl (C=O) groups excluding carboxylic acids is 2. The first kappa shape index (κ1) is 27.1. The molecule has 6 heteroatoms. The molecule has 0 aromatic heterocycles. The number of unbranched alkanes of at least 4 members (excludes halogenated alkanes) is 1. The topological polar surface area (TPSA) is 49.9 Å². The van der Waals surface area contributed by atoms with E-state index in [0.29, 0.717) is 19.4 Å². The number of halogens is 1. The molecule has 0 aliphatic carbocycles. The van der Waals surface area contributed by atoms with Crippen LogP contribution in [0.2, 0.25) is 0 Å². The molecule has 0 saturated carbocycles. The first-order valence-corrected chi connectivity index (χ1v) is 13.2. The summed E-state index contributed by atoms with van der Waals surface area (Å²) in [6, 6.07) is 22.7. The van der Waals surface area contributed by atoms with E-state index < -0.39 is 6.04 Å². The van der Waals surface area contributed by atoms with Gasteiger partial charge >= 0.3 is 0 Å². The van der Waals surface area contributed by atoms with Crippen molar-refractivity contribution in [2.24, 2.45) is 0 Å². The molecule has 5 nitrogen and oxygen atoms in total. The first-order chi connectivity index (χ1) is 18.5. The maximum absolute atomic E-state index is 14.5. The third kappa shape index (κ3) is 6.68. The largest absolute Gasteiger partial charge is 0.497 e. The maximum Gasteiger partial charge on any atom is 0.246 e. The van der Waals surface area contributed by atoms with Gasteiger partial charge in [-0.1, -0.05) is 80.1 Å². The van der Waals surface area contributed by atoms with Crippen molar-refractivity contribution in [2.45, 2.75) is 51.2 Å². The molecule has 1 aliphatic heterocycles. The molecule has 1 unspecified atom stereocenters. The molecule has 3 aromatic rings. The van der Waals surface area contributed by atoms with Crippen LogP contribution in [0.4, 0.5) is 4.39 Å². The van der Waals surface area contributed by atoms with Gasteiger partial charge in [0.1, 0.15) is 17.6 Å². The summed E-state index contributed by atoms with van der Waals surface area (Å²) < 4.78 is 19.0. The van der Waals surface area contributed by atoms with Crippen molar-refractivity contribution in [3.63, 3.8) is 0 Å². The third-order valence-electron chi connectivity index (χ3n) is 6.96. The predicted octanol–water partition coefficient (Wildman–Crippen LogP) is 6.10. The van der Waals surface area contributed by atoms with Crippen LogP contribution in [0.1, 0.15) is 48.9 Å². The molecule has 3 aromatic carbocycles. The summed E-state index contributed by atoms with van der Waals surface area (Å²) in [5.41, 5.74) is 2.74. The number of methoxy groups -OCH3 is 1. The molecule has 4 rings (SSSR count). The van der Waals surface area contributed by atoms with E-state index in [1.807, 2.05) is 66.7 Å². The fraction of sp³-hybridized carbons (Fsp3) is 0.312. The molecule has 0 fully saturated rings. The Morgan fingerprint density at radius 2 is 1.68 bits per heavy atom. The summed E-state index contributed by atoms with van der Waals surface area (Å²) in [6.07, 6.45) is 6.48. The van der Waals surface area contributed by atoms with Crippen LogP contribution < -0.4 is 4.74 Å². The molecule has 2 amide bonds. The third-order valence-corrected chi connectivity index (χ3v) is 6.96.